The Labute approximate surface area is 107 Å². The molecule has 98 valence electrons. The zero-order valence-electron chi connectivity index (χ0n) is 10.6. The second kappa shape index (κ2) is 6.35. The number of hydrogen-bond acceptors (Lipinski definition) is 4. The van der Waals surface area contributed by atoms with Gasteiger partial charge < -0.3 is 16.0 Å². The highest BCUT2D eigenvalue weighted by Gasteiger charge is 2.12. The molecule has 0 aliphatic carbocycles. The van der Waals surface area contributed by atoms with Crippen LogP contribution in [0.25, 0.3) is 0 Å². The minimum Gasteiger partial charge on any atom is -0.370 e. The molecule has 0 radical (unpaired) electrons. The van der Waals surface area contributed by atoms with Crippen LogP contribution in [0.1, 0.15) is 25.7 Å². The number of nitrogens with zero attached hydrogens (tertiary/aromatic N) is 2. The molecule has 0 unspecified atom stereocenters. The van der Waals surface area contributed by atoms with Gasteiger partial charge in [0.2, 0.25) is 5.91 Å². The van der Waals surface area contributed by atoms with Gasteiger partial charge in [0, 0.05) is 19.5 Å². The normalized spacial score (nSPS) is 14.8. The molecule has 0 atom stereocenters. The quantitative estimate of drug-likeness (QED) is 0.825. The van der Waals surface area contributed by atoms with Gasteiger partial charge in [-0.1, -0.05) is 0 Å². The zero-order valence-corrected chi connectivity index (χ0v) is 10.6. The van der Waals surface area contributed by atoms with Crippen molar-refractivity contribution in [3.63, 3.8) is 0 Å². The maximum absolute atomic E-state index is 11.5. The molecule has 0 aromatic carbocycles. The minimum atomic E-state index is -0.0260. The van der Waals surface area contributed by atoms with Crippen LogP contribution in [0.15, 0.2) is 18.3 Å². The Hall–Kier alpha value is -1.62. The third kappa shape index (κ3) is 3.43. The first-order valence-electron chi connectivity index (χ1n) is 6.50. The summed E-state index contributed by atoms with van der Waals surface area (Å²) in [6.45, 7) is 2.74. The summed E-state index contributed by atoms with van der Waals surface area (Å²) in [4.78, 5) is 18.1. The molecular formula is C13H20N4O. The first kappa shape index (κ1) is 12.8. The fourth-order valence-electron chi connectivity index (χ4n) is 2.09. The lowest BCUT2D eigenvalue weighted by Gasteiger charge is -2.17. The predicted octanol–water partition coefficient (Wildman–Crippen LogP) is 1.36. The van der Waals surface area contributed by atoms with Gasteiger partial charge in [-0.25, -0.2) is 4.98 Å². The van der Waals surface area contributed by atoms with Crippen LogP contribution in [0.2, 0.25) is 0 Å². The van der Waals surface area contributed by atoms with Crippen molar-refractivity contribution < 1.29 is 4.79 Å². The number of carbonyl (C=O) groups excluding carboxylic acids is 1. The summed E-state index contributed by atoms with van der Waals surface area (Å²) in [5.41, 5.74) is 6.49. The van der Waals surface area contributed by atoms with E-state index in [1.807, 2.05) is 18.3 Å². The van der Waals surface area contributed by atoms with Gasteiger partial charge in [0.25, 0.3) is 0 Å². The Morgan fingerprint density at radius 3 is 2.78 bits per heavy atom. The molecular weight excluding hydrogens is 228 g/mol. The highest BCUT2D eigenvalue weighted by atomic mass is 16.1. The van der Waals surface area contributed by atoms with Crippen LogP contribution in [0, 0.1) is 0 Å². The molecule has 1 amide bonds. The Balaban J connectivity index is 1.88. The summed E-state index contributed by atoms with van der Waals surface area (Å²) in [7, 11) is 0. The number of nitrogens with two attached hydrogens (primary N) is 1. The molecule has 3 N–H and O–H groups in total. The largest absolute Gasteiger partial charge is 0.370 e. The van der Waals surface area contributed by atoms with Gasteiger partial charge in [-0.15, -0.1) is 0 Å². The molecule has 2 heterocycles. The topological polar surface area (TPSA) is 71.2 Å². The van der Waals surface area contributed by atoms with Crippen LogP contribution in [-0.4, -0.2) is 30.5 Å². The fraction of sp³-hybridized carbons (Fsp3) is 0.538. The number of rotatable bonds is 5. The molecule has 5 heteroatoms. The maximum atomic E-state index is 11.5. The van der Waals surface area contributed by atoms with Gasteiger partial charge in [-0.2, -0.15) is 0 Å². The van der Waals surface area contributed by atoms with E-state index in [4.69, 9.17) is 5.73 Å². The van der Waals surface area contributed by atoms with Crippen molar-refractivity contribution in [1.29, 1.82) is 0 Å². The van der Waals surface area contributed by atoms with E-state index in [2.05, 4.69) is 15.2 Å². The third-order valence-electron chi connectivity index (χ3n) is 3.09. The van der Waals surface area contributed by atoms with E-state index in [0.29, 0.717) is 25.2 Å². The van der Waals surface area contributed by atoms with Gasteiger partial charge in [-0.3, -0.25) is 4.79 Å². The Morgan fingerprint density at radius 1 is 1.39 bits per heavy atom. The lowest BCUT2D eigenvalue weighted by atomic mass is 10.3. The summed E-state index contributed by atoms with van der Waals surface area (Å²) >= 11 is 0. The lowest BCUT2D eigenvalue weighted by molar-refractivity contribution is -0.116. The summed E-state index contributed by atoms with van der Waals surface area (Å²) in [5.74, 6) is 0.585. The van der Waals surface area contributed by atoms with E-state index in [-0.39, 0.29) is 5.91 Å². The van der Waals surface area contributed by atoms with Crippen LogP contribution in [0.4, 0.5) is 11.5 Å². The molecule has 1 aliphatic heterocycles. The van der Waals surface area contributed by atoms with Gasteiger partial charge in [0.1, 0.15) is 5.82 Å². The number of aromatic nitrogens is 1. The van der Waals surface area contributed by atoms with Gasteiger partial charge in [0.15, 0.2) is 0 Å². The van der Waals surface area contributed by atoms with Crippen LogP contribution < -0.4 is 16.0 Å². The van der Waals surface area contributed by atoms with Crippen LogP contribution >= 0.6 is 0 Å². The summed E-state index contributed by atoms with van der Waals surface area (Å²) < 4.78 is 0. The van der Waals surface area contributed by atoms with Crippen LogP contribution in [-0.2, 0) is 4.79 Å². The number of pyridine rings is 1. The maximum Gasteiger partial charge on any atom is 0.225 e. The van der Waals surface area contributed by atoms with E-state index in [0.717, 1.165) is 18.8 Å². The highest BCUT2D eigenvalue weighted by molar-refractivity contribution is 5.89. The third-order valence-corrected chi connectivity index (χ3v) is 3.09. The van der Waals surface area contributed by atoms with E-state index >= 15 is 0 Å². The molecule has 0 saturated carbocycles. The van der Waals surface area contributed by atoms with E-state index in [1.165, 1.54) is 12.8 Å². The minimum absolute atomic E-state index is 0.0260. The fourth-order valence-corrected chi connectivity index (χ4v) is 2.09. The molecule has 0 bridgehead atoms. The average molecular weight is 248 g/mol. The Kier molecular flexibility index (Phi) is 4.52. The van der Waals surface area contributed by atoms with Gasteiger partial charge >= 0.3 is 0 Å². The number of hydrogen-bond donors (Lipinski definition) is 2. The van der Waals surface area contributed by atoms with Crippen molar-refractivity contribution in [2.24, 2.45) is 5.73 Å². The standard InChI is InChI=1S/C13H20N4O/c14-7-3-4-13(18)16-12-6-5-11(10-15-12)17-8-1-2-9-17/h5-6,10H,1-4,7-9,14H2,(H,15,16,18). The molecule has 1 aromatic heterocycles. The Morgan fingerprint density at radius 2 is 2.17 bits per heavy atom. The van der Waals surface area contributed by atoms with E-state index in [9.17, 15) is 4.79 Å². The van der Waals surface area contributed by atoms with Gasteiger partial charge in [0.05, 0.1) is 11.9 Å². The number of amides is 1. The molecule has 1 aliphatic rings. The summed E-state index contributed by atoms with van der Waals surface area (Å²) in [6.07, 6.45) is 5.47. The molecule has 0 spiro atoms. The van der Waals surface area contributed by atoms with E-state index < -0.39 is 0 Å². The second-order valence-electron chi connectivity index (χ2n) is 4.54. The summed E-state index contributed by atoms with van der Waals surface area (Å²) in [6, 6.07) is 3.87. The molecule has 1 fully saturated rings. The zero-order chi connectivity index (χ0) is 12.8. The highest BCUT2D eigenvalue weighted by Crippen LogP contribution is 2.20. The average Bonchev–Trinajstić information content (AvgIpc) is 2.91. The van der Waals surface area contributed by atoms with Crippen molar-refractivity contribution >= 4 is 17.4 Å². The SMILES string of the molecule is NCCCC(=O)Nc1ccc(N2CCCC2)cn1. The number of anilines is 2. The molecule has 2 rings (SSSR count). The molecule has 5 nitrogen and oxygen atoms in total. The van der Waals surface area contributed by atoms with Crippen molar-refractivity contribution in [3.05, 3.63) is 18.3 Å². The van der Waals surface area contributed by atoms with Crippen molar-refractivity contribution in [2.45, 2.75) is 25.7 Å². The van der Waals surface area contributed by atoms with Gasteiger partial charge in [-0.05, 0) is 37.9 Å². The molecule has 1 aromatic rings. The summed E-state index contributed by atoms with van der Waals surface area (Å²) in [5, 5.41) is 2.77. The smallest absolute Gasteiger partial charge is 0.225 e. The van der Waals surface area contributed by atoms with Crippen LogP contribution in [0.5, 0.6) is 0 Å². The number of nitrogens with one attached hydrogen (secondary N) is 1. The number of carbonyl (C=O) groups is 1. The van der Waals surface area contributed by atoms with E-state index in [1.54, 1.807) is 0 Å². The predicted molar refractivity (Wildman–Crippen MR) is 72.6 cm³/mol. The lowest BCUT2D eigenvalue weighted by Crippen LogP contribution is -2.18. The molecule has 1 saturated heterocycles. The second-order valence-corrected chi connectivity index (χ2v) is 4.54. The Bertz CT molecular complexity index is 384. The first-order valence-corrected chi connectivity index (χ1v) is 6.50. The first-order chi connectivity index (χ1) is 8.79. The van der Waals surface area contributed by atoms with Crippen molar-refractivity contribution in [2.75, 3.05) is 29.9 Å². The monoisotopic (exact) mass is 248 g/mol. The van der Waals surface area contributed by atoms with Crippen LogP contribution in [0.3, 0.4) is 0 Å². The van der Waals surface area contributed by atoms with Crippen molar-refractivity contribution in [3.8, 4) is 0 Å². The molecule has 18 heavy (non-hydrogen) atoms. The van der Waals surface area contributed by atoms with Crippen molar-refractivity contribution in [1.82, 2.24) is 4.98 Å².